The van der Waals surface area contributed by atoms with E-state index in [1.807, 2.05) is 60.7 Å². The molecule has 2 heterocycles. The molecule has 0 aliphatic carbocycles. The summed E-state index contributed by atoms with van der Waals surface area (Å²) in [6, 6.07) is 72.4. The van der Waals surface area contributed by atoms with Crippen LogP contribution < -0.4 is 0 Å². The Hall–Kier alpha value is -7.43. The topological polar surface area (TPSA) is 43.6 Å². The predicted octanol–water partition coefficient (Wildman–Crippen LogP) is 13.0. The van der Waals surface area contributed by atoms with Gasteiger partial charge in [-0.05, 0) is 58.1 Å². The third-order valence-corrected chi connectivity index (χ3v) is 10.3. The van der Waals surface area contributed by atoms with E-state index in [9.17, 15) is 0 Å². The van der Waals surface area contributed by atoms with E-state index in [-0.39, 0.29) is 0 Å². The van der Waals surface area contributed by atoms with Crippen LogP contribution in [-0.2, 0) is 0 Å². The van der Waals surface area contributed by atoms with Gasteiger partial charge in [-0.2, -0.15) is 0 Å². The van der Waals surface area contributed by atoms with E-state index in [1.165, 1.54) is 21.8 Å². The van der Waals surface area contributed by atoms with E-state index in [2.05, 4.69) is 150 Å². The van der Waals surface area contributed by atoms with Crippen LogP contribution in [0.5, 0.6) is 0 Å². The molecule has 0 unspecified atom stereocenters. The van der Waals surface area contributed by atoms with E-state index < -0.39 is 0 Å². The summed E-state index contributed by atoms with van der Waals surface area (Å²) in [6.45, 7) is 0. The minimum absolute atomic E-state index is 0.624. The molecular formula is C51H34N4. The Morgan fingerprint density at radius 3 is 1.20 bits per heavy atom. The second-order valence-electron chi connectivity index (χ2n) is 13.6. The number of nitrogens with zero attached hydrogens (tertiary/aromatic N) is 4. The lowest BCUT2D eigenvalue weighted by molar-refractivity contribution is 1.07. The molecule has 4 heteroatoms. The van der Waals surface area contributed by atoms with Gasteiger partial charge < -0.3 is 4.57 Å². The van der Waals surface area contributed by atoms with E-state index >= 15 is 0 Å². The molecule has 0 aliphatic rings. The maximum atomic E-state index is 5.08. The molecule has 8 aromatic carbocycles. The van der Waals surface area contributed by atoms with Crippen molar-refractivity contribution in [3.05, 3.63) is 206 Å². The molecule has 0 atom stereocenters. The fraction of sp³-hybridized carbons (Fsp3) is 0. The molecule has 258 valence electrons. The number of para-hydroxylation sites is 2. The average Bonchev–Trinajstić information content (AvgIpc) is 3.61. The second-order valence-corrected chi connectivity index (χ2v) is 13.6. The van der Waals surface area contributed by atoms with Gasteiger partial charge in [-0.25, -0.2) is 15.0 Å². The lowest BCUT2D eigenvalue weighted by atomic mass is 9.90. The standard InChI is InChI=1S/C51H34N4/c1-5-17-35(18-6-1)41-31-29-40(51-53-49(37-21-9-3-10-22-37)52-50(54-51)38-23-11-4-12-24-38)34-44(41)39-30-32-48(45(33-39)36-19-7-2-8-20-36)55-46-27-15-13-25-42(46)43-26-14-16-28-47(43)55/h1-34H. The summed E-state index contributed by atoms with van der Waals surface area (Å²) in [7, 11) is 0. The van der Waals surface area contributed by atoms with E-state index in [0.717, 1.165) is 55.8 Å². The number of rotatable bonds is 7. The average molecular weight is 703 g/mol. The highest BCUT2D eigenvalue weighted by Gasteiger charge is 2.19. The first-order valence-corrected chi connectivity index (χ1v) is 18.5. The Morgan fingerprint density at radius 1 is 0.273 bits per heavy atom. The van der Waals surface area contributed by atoms with Crippen LogP contribution in [0.1, 0.15) is 0 Å². The molecule has 0 fully saturated rings. The smallest absolute Gasteiger partial charge is 0.164 e. The Labute approximate surface area is 319 Å². The highest BCUT2D eigenvalue weighted by molar-refractivity contribution is 6.10. The summed E-state index contributed by atoms with van der Waals surface area (Å²) in [5.41, 5.74) is 13.1. The van der Waals surface area contributed by atoms with Gasteiger partial charge >= 0.3 is 0 Å². The van der Waals surface area contributed by atoms with Gasteiger partial charge in [0.1, 0.15) is 0 Å². The van der Waals surface area contributed by atoms with Gasteiger partial charge in [-0.1, -0.05) is 176 Å². The van der Waals surface area contributed by atoms with Gasteiger partial charge in [-0.3, -0.25) is 0 Å². The van der Waals surface area contributed by atoms with E-state index in [0.29, 0.717) is 17.5 Å². The fourth-order valence-electron chi connectivity index (χ4n) is 7.66. The molecule has 4 nitrogen and oxygen atoms in total. The number of benzene rings is 8. The van der Waals surface area contributed by atoms with Gasteiger partial charge in [-0.15, -0.1) is 0 Å². The van der Waals surface area contributed by atoms with Crippen molar-refractivity contribution in [2.75, 3.05) is 0 Å². The van der Waals surface area contributed by atoms with Gasteiger partial charge in [0.2, 0.25) is 0 Å². The van der Waals surface area contributed by atoms with Crippen LogP contribution in [0.4, 0.5) is 0 Å². The third-order valence-electron chi connectivity index (χ3n) is 10.3. The van der Waals surface area contributed by atoms with Gasteiger partial charge in [0, 0.05) is 33.0 Å². The zero-order valence-corrected chi connectivity index (χ0v) is 29.9. The molecule has 10 aromatic rings. The lowest BCUT2D eigenvalue weighted by Gasteiger charge is -2.18. The van der Waals surface area contributed by atoms with Crippen LogP contribution in [0.25, 0.3) is 95.0 Å². The summed E-state index contributed by atoms with van der Waals surface area (Å²) >= 11 is 0. The zero-order chi connectivity index (χ0) is 36.6. The van der Waals surface area contributed by atoms with Crippen molar-refractivity contribution in [2.45, 2.75) is 0 Å². The monoisotopic (exact) mass is 702 g/mol. The molecule has 2 aromatic heterocycles. The molecule has 0 bridgehead atoms. The van der Waals surface area contributed by atoms with E-state index in [4.69, 9.17) is 15.0 Å². The number of hydrogen-bond acceptors (Lipinski definition) is 3. The molecule has 0 aliphatic heterocycles. The molecule has 0 radical (unpaired) electrons. The summed E-state index contributed by atoms with van der Waals surface area (Å²) in [5.74, 6) is 1.90. The number of fused-ring (bicyclic) bond motifs is 3. The van der Waals surface area contributed by atoms with Crippen molar-refractivity contribution in [3.63, 3.8) is 0 Å². The second kappa shape index (κ2) is 13.8. The lowest BCUT2D eigenvalue weighted by Crippen LogP contribution is -2.01. The molecule has 0 spiro atoms. The normalized spacial score (nSPS) is 11.3. The SMILES string of the molecule is c1ccc(-c2nc(-c3ccccc3)nc(-c3ccc(-c4ccccc4)c(-c4ccc(-n5c6ccccc6c6ccccc65)c(-c5ccccc5)c4)c3)n2)cc1. The number of hydrogen-bond donors (Lipinski definition) is 0. The molecule has 0 amide bonds. The summed E-state index contributed by atoms with van der Waals surface area (Å²) in [6.07, 6.45) is 0. The van der Waals surface area contributed by atoms with Gasteiger partial charge in [0.25, 0.3) is 0 Å². The Morgan fingerprint density at radius 2 is 0.673 bits per heavy atom. The molecule has 55 heavy (non-hydrogen) atoms. The Bertz CT molecular complexity index is 2840. The highest BCUT2D eigenvalue weighted by Crippen LogP contribution is 2.41. The Kier molecular flexibility index (Phi) is 8.12. The highest BCUT2D eigenvalue weighted by atomic mass is 15.0. The first-order chi connectivity index (χ1) is 27.3. The van der Waals surface area contributed by atoms with Crippen molar-refractivity contribution in [1.29, 1.82) is 0 Å². The predicted molar refractivity (Wildman–Crippen MR) is 227 cm³/mol. The van der Waals surface area contributed by atoms with Crippen molar-refractivity contribution < 1.29 is 0 Å². The van der Waals surface area contributed by atoms with Crippen LogP contribution >= 0.6 is 0 Å². The molecule has 0 saturated carbocycles. The quantitative estimate of drug-likeness (QED) is 0.166. The van der Waals surface area contributed by atoms with E-state index in [1.54, 1.807) is 0 Å². The molecule has 0 saturated heterocycles. The third kappa shape index (κ3) is 5.96. The van der Waals surface area contributed by atoms with Gasteiger partial charge in [0.15, 0.2) is 17.5 Å². The maximum absolute atomic E-state index is 5.08. The van der Waals surface area contributed by atoms with Crippen molar-refractivity contribution in [1.82, 2.24) is 19.5 Å². The summed E-state index contributed by atoms with van der Waals surface area (Å²) in [4.78, 5) is 15.1. The van der Waals surface area contributed by atoms with Crippen LogP contribution in [0, 0.1) is 0 Å². The first kappa shape index (κ1) is 32.2. The minimum Gasteiger partial charge on any atom is -0.309 e. The molecular weight excluding hydrogens is 669 g/mol. The Balaban J connectivity index is 1.21. The number of aromatic nitrogens is 4. The largest absolute Gasteiger partial charge is 0.309 e. The maximum Gasteiger partial charge on any atom is 0.164 e. The van der Waals surface area contributed by atoms with Crippen LogP contribution in [-0.4, -0.2) is 19.5 Å². The van der Waals surface area contributed by atoms with Crippen molar-refractivity contribution in [2.24, 2.45) is 0 Å². The zero-order valence-electron chi connectivity index (χ0n) is 29.9. The van der Waals surface area contributed by atoms with Crippen molar-refractivity contribution in [3.8, 4) is 73.2 Å². The first-order valence-electron chi connectivity index (χ1n) is 18.5. The van der Waals surface area contributed by atoms with Gasteiger partial charge in [0.05, 0.1) is 16.7 Å². The summed E-state index contributed by atoms with van der Waals surface area (Å²) in [5, 5.41) is 2.48. The van der Waals surface area contributed by atoms with Crippen molar-refractivity contribution >= 4 is 21.8 Å². The van der Waals surface area contributed by atoms with Crippen LogP contribution in [0.2, 0.25) is 0 Å². The summed E-state index contributed by atoms with van der Waals surface area (Å²) < 4.78 is 2.41. The fourth-order valence-corrected chi connectivity index (χ4v) is 7.66. The molecule has 10 rings (SSSR count). The van der Waals surface area contributed by atoms with Crippen LogP contribution in [0.15, 0.2) is 206 Å². The molecule has 0 N–H and O–H groups in total. The van der Waals surface area contributed by atoms with Crippen LogP contribution in [0.3, 0.4) is 0 Å². The minimum atomic E-state index is 0.624.